The molecule has 0 bridgehead atoms. The zero-order valence-corrected chi connectivity index (χ0v) is 2.36. The van der Waals surface area contributed by atoms with Crippen molar-refractivity contribution in [1.82, 2.24) is 0 Å². The standard InChI is InChI=1S/C4H4/c1-3-4-2/h1,4H,2H2/p+1. The van der Waals surface area contributed by atoms with Gasteiger partial charge < -0.3 is 0 Å². The minimum absolute atomic E-state index is 0. The molecule has 0 heterocycles. The molecule has 0 radical (unpaired) electrons. The Labute approximate surface area is 27.6 Å². The molecule has 0 nitrogen and oxygen atoms in total. The Kier molecular flexibility index (Phi) is 1.90. The van der Waals surface area contributed by atoms with E-state index in [9.17, 15) is 0 Å². The van der Waals surface area contributed by atoms with E-state index in [4.69, 9.17) is 0 Å². The van der Waals surface area contributed by atoms with Gasteiger partial charge in [0.15, 0.2) is 0 Å². The van der Waals surface area contributed by atoms with Gasteiger partial charge in [-0.05, 0) is 6.08 Å². The van der Waals surface area contributed by atoms with Gasteiger partial charge in [-0.15, -0.1) is 6.42 Å². The average molecular weight is 53.1 g/mol. The maximum absolute atomic E-state index is 4.66. The number of terminal acetylenes is 1. The van der Waals surface area contributed by atoms with Gasteiger partial charge in [-0.25, -0.2) is 0 Å². The van der Waals surface area contributed by atoms with E-state index in [1.165, 1.54) is 6.08 Å². The fourth-order valence-corrected chi connectivity index (χ4v) is 0. The average Bonchev–Trinajstić information content (AvgIpc) is 1.37. The smallest absolute Gasteiger partial charge is 0.115 e. The van der Waals surface area contributed by atoms with Gasteiger partial charge in [-0.1, -0.05) is 12.5 Å². The molecule has 0 aromatic heterocycles. The number of hydrogen-bond donors (Lipinski definition) is 0. The molecule has 0 rings (SSSR count). The Morgan fingerprint density at radius 2 is 2.50 bits per heavy atom. The Balaban J connectivity index is 0. The Morgan fingerprint density at radius 3 is 2.50 bits per heavy atom. The molecule has 4 heavy (non-hydrogen) atoms. The molecule has 0 N–H and O–H groups in total. The van der Waals surface area contributed by atoms with Crippen LogP contribution in [0.4, 0.5) is 0 Å². The zero-order chi connectivity index (χ0) is 3.41. The van der Waals surface area contributed by atoms with E-state index in [-0.39, 0.29) is 1.43 Å². The van der Waals surface area contributed by atoms with Crippen LogP contribution in [0.2, 0.25) is 0 Å². The normalized spacial score (nSPS) is 3.75. The SMILES string of the molecule is C#CC=C.[H+]. The van der Waals surface area contributed by atoms with Crippen LogP contribution >= 0.6 is 0 Å². The van der Waals surface area contributed by atoms with Crippen molar-refractivity contribution < 1.29 is 1.43 Å². The van der Waals surface area contributed by atoms with Crippen LogP contribution in [0.3, 0.4) is 0 Å². The highest BCUT2D eigenvalue weighted by molar-refractivity contribution is 5.03. The molecule has 0 heteroatoms. The van der Waals surface area contributed by atoms with Gasteiger partial charge in [0.25, 0.3) is 0 Å². The van der Waals surface area contributed by atoms with Crippen molar-refractivity contribution in [3.63, 3.8) is 0 Å². The van der Waals surface area contributed by atoms with Gasteiger partial charge in [0.1, 0.15) is 0 Å². The minimum atomic E-state index is 0. The Morgan fingerprint density at radius 1 is 2.25 bits per heavy atom. The summed E-state index contributed by atoms with van der Waals surface area (Å²) < 4.78 is 0. The van der Waals surface area contributed by atoms with E-state index in [2.05, 4.69) is 18.9 Å². The van der Waals surface area contributed by atoms with Crippen LogP contribution in [-0.2, 0) is 0 Å². The zero-order valence-electron chi connectivity index (χ0n) is 3.36. The van der Waals surface area contributed by atoms with E-state index < -0.39 is 0 Å². The highest BCUT2D eigenvalue weighted by atomic mass is 13.3. The summed E-state index contributed by atoms with van der Waals surface area (Å²) in [5.74, 6) is 2.19. The van der Waals surface area contributed by atoms with Gasteiger partial charge in [-0.3, -0.25) is 0 Å². The van der Waals surface area contributed by atoms with Crippen molar-refractivity contribution in [3.05, 3.63) is 12.7 Å². The molecule has 0 aliphatic heterocycles. The van der Waals surface area contributed by atoms with Crippen molar-refractivity contribution in [2.75, 3.05) is 0 Å². The van der Waals surface area contributed by atoms with Gasteiger partial charge in [0.05, 0.1) is 0 Å². The summed E-state index contributed by atoms with van der Waals surface area (Å²) in [6.07, 6.45) is 6.06. The molecule has 0 aromatic carbocycles. The van der Waals surface area contributed by atoms with E-state index >= 15 is 0 Å². The molecule has 0 saturated heterocycles. The van der Waals surface area contributed by atoms with Crippen molar-refractivity contribution >= 4 is 0 Å². The molecular formula is C4H5+. The van der Waals surface area contributed by atoms with Crippen LogP contribution in [0, 0.1) is 12.3 Å². The largest absolute Gasteiger partial charge is 1.00 e. The third-order valence-corrected chi connectivity index (χ3v) is 0.118. The summed E-state index contributed by atoms with van der Waals surface area (Å²) in [5, 5.41) is 0. The van der Waals surface area contributed by atoms with Crippen LogP contribution in [0.25, 0.3) is 0 Å². The van der Waals surface area contributed by atoms with Crippen LogP contribution in [0.5, 0.6) is 0 Å². The molecule has 0 aliphatic rings. The third-order valence-electron chi connectivity index (χ3n) is 0.118. The second kappa shape index (κ2) is 2.30. The third kappa shape index (κ3) is 1.30. The van der Waals surface area contributed by atoms with Crippen molar-refractivity contribution in [1.29, 1.82) is 0 Å². The quantitative estimate of drug-likeness (QED) is 0.360. The topological polar surface area (TPSA) is 0 Å². The molecule has 0 saturated carbocycles. The maximum atomic E-state index is 4.66. The van der Waals surface area contributed by atoms with Crippen LogP contribution in [-0.4, -0.2) is 0 Å². The summed E-state index contributed by atoms with van der Waals surface area (Å²) in [6, 6.07) is 0. The highest BCUT2D eigenvalue weighted by Crippen LogP contribution is 1.41. The lowest BCUT2D eigenvalue weighted by Gasteiger charge is -1.38. The predicted octanol–water partition coefficient (Wildman–Crippen LogP) is 0.918. The second-order valence-corrected chi connectivity index (χ2v) is 0.371. The van der Waals surface area contributed by atoms with Gasteiger partial charge >= 0.3 is 1.43 Å². The van der Waals surface area contributed by atoms with Gasteiger partial charge in [0, 0.05) is 0 Å². The van der Waals surface area contributed by atoms with Crippen LogP contribution < -0.4 is 0 Å². The summed E-state index contributed by atoms with van der Waals surface area (Å²) >= 11 is 0. The van der Waals surface area contributed by atoms with Crippen LogP contribution in [0.1, 0.15) is 1.43 Å². The van der Waals surface area contributed by atoms with Crippen molar-refractivity contribution in [2.24, 2.45) is 0 Å². The van der Waals surface area contributed by atoms with E-state index in [1.54, 1.807) is 0 Å². The van der Waals surface area contributed by atoms with E-state index in [0.29, 0.717) is 0 Å². The number of hydrogen-bond acceptors (Lipinski definition) is 0. The molecule has 20 valence electrons. The summed E-state index contributed by atoms with van der Waals surface area (Å²) in [7, 11) is 0. The number of allylic oxidation sites excluding steroid dienone is 1. The molecule has 0 unspecified atom stereocenters. The maximum Gasteiger partial charge on any atom is 1.00 e. The first-order chi connectivity index (χ1) is 1.91. The van der Waals surface area contributed by atoms with Gasteiger partial charge in [0.2, 0.25) is 0 Å². The monoisotopic (exact) mass is 53.0 g/mol. The minimum Gasteiger partial charge on any atom is -0.115 e. The summed E-state index contributed by atoms with van der Waals surface area (Å²) in [4.78, 5) is 0. The Bertz CT molecular complexity index is 49.2. The molecule has 0 spiro atoms. The summed E-state index contributed by atoms with van der Waals surface area (Å²) in [5.41, 5.74) is 0. The second-order valence-electron chi connectivity index (χ2n) is 0.371. The van der Waals surface area contributed by atoms with Crippen molar-refractivity contribution in [3.8, 4) is 12.3 Å². The fraction of sp³-hybridized carbons (Fsp3) is 0. The Hall–Kier alpha value is -0.700. The lowest BCUT2D eigenvalue weighted by molar-refractivity contribution is 2.34. The fourth-order valence-electron chi connectivity index (χ4n) is 0. The van der Waals surface area contributed by atoms with Crippen LogP contribution in [0.15, 0.2) is 12.7 Å². The van der Waals surface area contributed by atoms with E-state index in [1.807, 2.05) is 0 Å². The molecule has 0 aromatic rings. The summed E-state index contributed by atoms with van der Waals surface area (Å²) in [6.45, 7) is 3.24. The van der Waals surface area contributed by atoms with E-state index in [0.717, 1.165) is 0 Å². The lowest BCUT2D eigenvalue weighted by Crippen LogP contribution is -1.24. The first-order valence-electron chi connectivity index (χ1n) is 0.986. The molecule has 0 aliphatic carbocycles. The van der Waals surface area contributed by atoms with Gasteiger partial charge in [-0.2, -0.15) is 0 Å². The molecule has 0 atom stereocenters. The predicted molar refractivity (Wildman–Crippen MR) is 20.1 cm³/mol. The number of rotatable bonds is 0. The lowest BCUT2D eigenvalue weighted by atomic mass is 10.7. The molecule has 0 fully saturated rings. The van der Waals surface area contributed by atoms with Crippen molar-refractivity contribution in [2.45, 2.75) is 0 Å². The first-order valence-corrected chi connectivity index (χ1v) is 0.986. The highest BCUT2D eigenvalue weighted by Gasteiger charge is 1.26. The molecule has 0 amide bonds. The first kappa shape index (κ1) is 3.30. The molecular weight excluding hydrogens is 48.0 g/mol.